The van der Waals surface area contributed by atoms with E-state index in [0.717, 1.165) is 12.1 Å². The van der Waals surface area contributed by atoms with Crippen LogP contribution in [0.2, 0.25) is 0 Å². The van der Waals surface area contributed by atoms with Gasteiger partial charge in [-0.05, 0) is 62.1 Å². The fourth-order valence-electron chi connectivity index (χ4n) is 5.63. The van der Waals surface area contributed by atoms with Crippen LogP contribution >= 0.6 is 0 Å². The van der Waals surface area contributed by atoms with E-state index in [9.17, 15) is 41.3 Å². The van der Waals surface area contributed by atoms with E-state index in [4.69, 9.17) is 9.15 Å². The van der Waals surface area contributed by atoms with Crippen molar-refractivity contribution in [2.75, 3.05) is 38.1 Å². The molecule has 0 radical (unpaired) electrons. The summed E-state index contributed by atoms with van der Waals surface area (Å²) in [6.07, 6.45) is -7.44. The summed E-state index contributed by atoms with van der Waals surface area (Å²) in [5, 5.41) is 14.5. The molecule has 1 aromatic heterocycles. The number of carbonyl (C=O) groups is 1. The molecule has 5 rings (SSSR count). The Balaban J connectivity index is 1.03. The molecule has 16 heteroatoms. The van der Waals surface area contributed by atoms with Crippen LogP contribution in [0.4, 0.5) is 37.7 Å². The number of furan rings is 1. The van der Waals surface area contributed by atoms with Crippen molar-refractivity contribution in [3.63, 3.8) is 0 Å². The number of anilines is 1. The Morgan fingerprint density at radius 3 is 2.33 bits per heavy atom. The minimum absolute atomic E-state index is 0.0913. The van der Waals surface area contributed by atoms with Gasteiger partial charge in [0.2, 0.25) is 5.91 Å². The highest BCUT2D eigenvalue weighted by molar-refractivity contribution is 5.79. The van der Waals surface area contributed by atoms with E-state index in [1.807, 2.05) is 0 Å². The third-order valence-corrected chi connectivity index (χ3v) is 7.86. The van der Waals surface area contributed by atoms with E-state index in [0.29, 0.717) is 75.1 Å². The number of hydrogen-bond donors (Lipinski definition) is 1. The summed E-state index contributed by atoms with van der Waals surface area (Å²) in [6, 6.07) is 8.27. The van der Waals surface area contributed by atoms with Crippen LogP contribution in [0.1, 0.15) is 37.0 Å². The summed E-state index contributed by atoms with van der Waals surface area (Å²) >= 11 is 0. The number of nitro benzene ring substituents is 1. The average Bonchev–Trinajstić information content (AvgIpc) is 3.37. The van der Waals surface area contributed by atoms with Gasteiger partial charge < -0.3 is 24.1 Å². The maximum absolute atomic E-state index is 13.3. The monoisotopic (exact) mass is 644 g/mol. The Morgan fingerprint density at radius 2 is 1.69 bits per heavy atom. The fourth-order valence-corrected chi connectivity index (χ4v) is 5.63. The number of rotatable bonds is 9. The highest BCUT2D eigenvalue weighted by Gasteiger charge is 2.38. The van der Waals surface area contributed by atoms with Crippen molar-refractivity contribution in [1.82, 2.24) is 9.80 Å². The number of fused-ring (bicyclic) bond motifs is 1. The number of hydrogen-bond acceptors (Lipinski definition) is 8. The van der Waals surface area contributed by atoms with Gasteiger partial charge in [0, 0.05) is 49.4 Å². The average molecular weight is 645 g/mol. The molecule has 1 N–H and O–H groups in total. The number of halogens is 6. The third-order valence-electron chi connectivity index (χ3n) is 7.86. The number of nitro groups is 1. The third kappa shape index (κ3) is 8.57. The molecular formula is C29H30F6N4O6. The Morgan fingerprint density at radius 1 is 0.978 bits per heavy atom. The number of carbonyl (C=O) groups excluding carboxylic acids is 1. The molecule has 1 aliphatic carbocycles. The zero-order valence-corrected chi connectivity index (χ0v) is 23.8. The van der Waals surface area contributed by atoms with Gasteiger partial charge in [-0.1, -0.05) is 0 Å². The van der Waals surface area contributed by atoms with Crippen LogP contribution in [0, 0.1) is 10.1 Å². The molecular weight excluding hydrogens is 614 g/mol. The molecule has 0 unspecified atom stereocenters. The van der Waals surface area contributed by atoms with Crippen LogP contribution in [0.3, 0.4) is 0 Å². The number of ether oxygens (including phenoxy) is 2. The maximum atomic E-state index is 13.3. The number of alkyl halides is 6. The lowest BCUT2D eigenvalue weighted by molar-refractivity contribution is -0.388. The van der Waals surface area contributed by atoms with Crippen molar-refractivity contribution in [3.05, 3.63) is 63.9 Å². The minimum atomic E-state index is -4.86. The van der Waals surface area contributed by atoms with Crippen LogP contribution in [-0.4, -0.2) is 71.9 Å². The Hall–Kier alpha value is -4.05. The number of piperazine rings is 1. The van der Waals surface area contributed by atoms with Gasteiger partial charge in [-0.15, -0.1) is 13.2 Å². The van der Waals surface area contributed by atoms with Gasteiger partial charge in [0.1, 0.15) is 29.3 Å². The van der Waals surface area contributed by atoms with E-state index in [1.54, 1.807) is 11.0 Å². The molecule has 0 spiro atoms. The van der Waals surface area contributed by atoms with E-state index >= 15 is 0 Å². The molecule has 1 aliphatic heterocycles. The second-order valence-corrected chi connectivity index (χ2v) is 11.0. The van der Waals surface area contributed by atoms with E-state index < -0.39 is 28.7 Å². The van der Waals surface area contributed by atoms with Crippen molar-refractivity contribution in [1.29, 1.82) is 0 Å². The molecule has 2 aromatic carbocycles. The number of nitrogens with one attached hydrogen (secondary N) is 1. The zero-order chi connectivity index (χ0) is 32.4. The number of benzene rings is 2. The quantitative estimate of drug-likeness (QED) is 0.163. The van der Waals surface area contributed by atoms with Crippen molar-refractivity contribution in [3.8, 4) is 5.75 Å². The molecule has 2 fully saturated rings. The van der Waals surface area contributed by atoms with Crippen LogP contribution in [0.25, 0.3) is 11.0 Å². The van der Waals surface area contributed by atoms with Gasteiger partial charge in [-0.25, -0.2) is 0 Å². The van der Waals surface area contributed by atoms with Crippen LogP contribution in [-0.2, 0) is 22.3 Å². The van der Waals surface area contributed by atoms with E-state index in [2.05, 4.69) is 15.0 Å². The molecule has 10 nitrogen and oxygen atoms in total. The molecule has 244 valence electrons. The molecule has 2 heterocycles. The topological polar surface area (TPSA) is 110 Å². The van der Waals surface area contributed by atoms with Gasteiger partial charge in [-0.3, -0.25) is 19.8 Å². The molecule has 0 atom stereocenters. The SMILES string of the molecule is O=C(CO[C@H]1CC[C@H](Nc2ccc([N+](=O)[O-])c(C(F)(F)F)c2)CC1)N1CCN(Cc2cc3cc(OC(F)(F)F)ccc3o2)CC1. The maximum Gasteiger partial charge on any atom is 0.573 e. The molecule has 0 bridgehead atoms. The van der Waals surface area contributed by atoms with Gasteiger partial charge in [0.05, 0.1) is 17.6 Å². The molecule has 1 amide bonds. The number of amides is 1. The second kappa shape index (κ2) is 13.1. The highest BCUT2D eigenvalue weighted by atomic mass is 19.4. The predicted octanol–water partition coefficient (Wildman–Crippen LogP) is 6.34. The molecule has 45 heavy (non-hydrogen) atoms. The normalized spacial score (nSPS) is 19.9. The summed E-state index contributed by atoms with van der Waals surface area (Å²) < 4.78 is 92.9. The molecule has 1 saturated heterocycles. The largest absolute Gasteiger partial charge is 0.573 e. The summed E-state index contributed by atoms with van der Waals surface area (Å²) in [5.74, 6) is 0.102. The standard InChI is InChI=1S/C29H30F6N4O6/c30-28(31,32)24-15-20(3-7-25(24)39(41)42)36-19-1-4-21(5-2-19)43-17-27(40)38-11-9-37(10-12-38)16-23-14-18-13-22(45-29(33,34)35)6-8-26(18)44-23/h3,6-8,13-15,19,21,36H,1-2,4-5,9-12,16-17H2/t19-,21-. The predicted molar refractivity (Wildman–Crippen MR) is 148 cm³/mol. The van der Waals surface area contributed by atoms with Gasteiger partial charge in [0.15, 0.2) is 0 Å². The van der Waals surface area contributed by atoms with Crippen LogP contribution < -0.4 is 10.1 Å². The Bertz CT molecular complexity index is 1510. The van der Waals surface area contributed by atoms with Gasteiger partial charge in [0.25, 0.3) is 5.69 Å². The smallest absolute Gasteiger partial charge is 0.460 e. The van der Waals surface area contributed by atoms with E-state index in [1.165, 1.54) is 24.3 Å². The Labute approximate surface area is 253 Å². The lowest BCUT2D eigenvalue weighted by Crippen LogP contribution is -2.49. The Kier molecular flexibility index (Phi) is 9.44. The van der Waals surface area contributed by atoms with E-state index in [-0.39, 0.29) is 36.1 Å². The van der Waals surface area contributed by atoms with Crippen molar-refractivity contribution in [2.45, 2.75) is 56.9 Å². The van der Waals surface area contributed by atoms with Crippen molar-refractivity contribution in [2.24, 2.45) is 0 Å². The van der Waals surface area contributed by atoms with Crippen LogP contribution in [0.15, 0.2) is 46.9 Å². The summed E-state index contributed by atoms with van der Waals surface area (Å²) in [4.78, 5) is 26.5. The van der Waals surface area contributed by atoms with Crippen LogP contribution in [0.5, 0.6) is 5.75 Å². The first kappa shape index (κ1) is 32.3. The number of nitrogens with zero attached hydrogens (tertiary/aromatic N) is 3. The van der Waals surface area contributed by atoms with Crippen molar-refractivity contribution < 1.29 is 50.0 Å². The molecule has 1 saturated carbocycles. The zero-order valence-electron chi connectivity index (χ0n) is 23.8. The summed E-state index contributed by atoms with van der Waals surface area (Å²) in [5.41, 5.74) is -1.71. The molecule has 2 aliphatic rings. The first-order valence-corrected chi connectivity index (χ1v) is 14.3. The second-order valence-electron chi connectivity index (χ2n) is 11.0. The van der Waals surface area contributed by atoms with Crippen molar-refractivity contribution >= 4 is 28.3 Å². The first-order valence-electron chi connectivity index (χ1n) is 14.3. The lowest BCUT2D eigenvalue weighted by Gasteiger charge is -2.35. The summed E-state index contributed by atoms with van der Waals surface area (Å²) in [6.45, 7) is 2.42. The summed E-state index contributed by atoms with van der Waals surface area (Å²) in [7, 11) is 0. The molecule has 3 aromatic rings. The highest BCUT2D eigenvalue weighted by Crippen LogP contribution is 2.38. The lowest BCUT2D eigenvalue weighted by atomic mass is 9.92. The first-order chi connectivity index (χ1) is 21.2. The fraction of sp³-hybridized carbons (Fsp3) is 0.483. The van der Waals surface area contributed by atoms with Gasteiger partial charge in [-0.2, -0.15) is 13.2 Å². The van der Waals surface area contributed by atoms with Gasteiger partial charge >= 0.3 is 12.5 Å². The minimum Gasteiger partial charge on any atom is -0.460 e.